The summed E-state index contributed by atoms with van der Waals surface area (Å²) < 4.78 is 25.7. The van der Waals surface area contributed by atoms with Crippen LogP contribution in [-0.4, -0.2) is 31.4 Å². The molecule has 0 aromatic heterocycles. The summed E-state index contributed by atoms with van der Waals surface area (Å²) in [5.41, 5.74) is 0.459. The summed E-state index contributed by atoms with van der Waals surface area (Å²) >= 11 is 0. The summed E-state index contributed by atoms with van der Waals surface area (Å²) in [6, 6.07) is 6.62. The van der Waals surface area contributed by atoms with Gasteiger partial charge in [-0.3, -0.25) is 4.31 Å². The van der Waals surface area contributed by atoms with Crippen LogP contribution in [0, 0.1) is 0 Å². The highest BCUT2D eigenvalue weighted by Crippen LogP contribution is 2.29. The Morgan fingerprint density at radius 1 is 1.33 bits per heavy atom. The summed E-state index contributed by atoms with van der Waals surface area (Å²) in [6.45, 7) is 1.77. The number of ketones is 1. The number of hydrogen-bond acceptors (Lipinski definition) is 4. The zero-order valence-electron chi connectivity index (χ0n) is 10.0. The van der Waals surface area contributed by atoms with Gasteiger partial charge in [-0.05, 0) is 25.5 Å². The van der Waals surface area contributed by atoms with E-state index >= 15 is 0 Å². The van der Waals surface area contributed by atoms with Gasteiger partial charge in [0.1, 0.15) is 17.0 Å². The normalized spacial score (nSPS) is 16.4. The zero-order valence-corrected chi connectivity index (χ0v) is 10.9. The van der Waals surface area contributed by atoms with Crippen LogP contribution < -0.4 is 0 Å². The highest BCUT2D eigenvalue weighted by atomic mass is 32.2. The van der Waals surface area contributed by atoms with Crippen molar-refractivity contribution in [2.24, 2.45) is 4.99 Å². The minimum absolute atomic E-state index is 0.0572. The van der Waals surface area contributed by atoms with E-state index < -0.39 is 10.0 Å². The number of benzene rings is 1. The first-order valence-electron chi connectivity index (χ1n) is 5.66. The molecular weight excluding hydrogens is 252 g/mol. The topological polar surface area (TPSA) is 66.8 Å². The van der Waals surface area contributed by atoms with Crippen molar-refractivity contribution in [3.05, 3.63) is 24.3 Å². The fourth-order valence-corrected chi connectivity index (χ4v) is 3.19. The van der Waals surface area contributed by atoms with Gasteiger partial charge in [0.15, 0.2) is 0 Å². The van der Waals surface area contributed by atoms with Crippen LogP contribution in [0.4, 0.5) is 5.69 Å². The van der Waals surface area contributed by atoms with Gasteiger partial charge in [0.05, 0.1) is 5.69 Å². The Morgan fingerprint density at radius 2 is 2.06 bits per heavy atom. The second-order valence-corrected chi connectivity index (χ2v) is 5.99. The van der Waals surface area contributed by atoms with Crippen LogP contribution in [0.15, 0.2) is 34.2 Å². The second kappa shape index (κ2) is 4.89. The maximum atomic E-state index is 12.2. The number of para-hydroxylation sites is 1. The number of fused-ring (bicyclic) bond motifs is 1. The molecule has 0 amide bonds. The van der Waals surface area contributed by atoms with Crippen molar-refractivity contribution < 1.29 is 13.2 Å². The third-order valence-electron chi connectivity index (χ3n) is 2.68. The van der Waals surface area contributed by atoms with Crippen LogP contribution in [-0.2, 0) is 14.8 Å². The quantitative estimate of drug-likeness (QED) is 0.833. The lowest BCUT2D eigenvalue weighted by atomic mass is 10.2. The molecule has 0 spiro atoms. The van der Waals surface area contributed by atoms with Crippen molar-refractivity contribution in [1.82, 2.24) is 4.31 Å². The summed E-state index contributed by atoms with van der Waals surface area (Å²) in [6.07, 6.45) is 2.20. The summed E-state index contributed by atoms with van der Waals surface area (Å²) in [7, 11) is -3.51. The fourth-order valence-electron chi connectivity index (χ4n) is 1.76. The van der Waals surface area contributed by atoms with E-state index in [2.05, 4.69) is 4.99 Å². The Morgan fingerprint density at radius 3 is 2.78 bits per heavy atom. The number of rotatable bonds is 4. The first-order chi connectivity index (χ1) is 8.51. The number of Topliss-reactive ketones (excluding diaryl/α,β-unsaturated/α-hetero) is 1. The molecule has 0 bridgehead atoms. The van der Waals surface area contributed by atoms with Gasteiger partial charge in [-0.25, -0.2) is 13.4 Å². The van der Waals surface area contributed by atoms with Crippen molar-refractivity contribution >= 4 is 27.8 Å². The van der Waals surface area contributed by atoms with Crippen molar-refractivity contribution in [3.63, 3.8) is 0 Å². The van der Waals surface area contributed by atoms with Gasteiger partial charge < -0.3 is 4.79 Å². The van der Waals surface area contributed by atoms with Crippen molar-refractivity contribution in [2.45, 2.75) is 24.7 Å². The van der Waals surface area contributed by atoms with Gasteiger partial charge in [-0.2, -0.15) is 0 Å². The maximum absolute atomic E-state index is 12.2. The smallest absolute Gasteiger partial charge is 0.267 e. The zero-order chi connectivity index (χ0) is 13.2. The number of hydrogen-bond donors (Lipinski definition) is 0. The van der Waals surface area contributed by atoms with E-state index in [0.717, 1.165) is 0 Å². The molecule has 5 nitrogen and oxygen atoms in total. The van der Waals surface area contributed by atoms with E-state index in [9.17, 15) is 13.2 Å². The first kappa shape index (κ1) is 12.8. The monoisotopic (exact) mass is 266 g/mol. The molecule has 1 aliphatic heterocycles. The van der Waals surface area contributed by atoms with Gasteiger partial charge in [0.25, 0.3) is 10.0 Å². The molecule has 0 unspecified atom stereocenters. The summed E-state index contributed by atoms with van der Waals surface area (Å²) in [4.78, 5) is 15.2. The van der Waals surface area contributed by atoms with Crippen molar-refractivity contribution in [3.8, 4) is 0 Å². The Balaban J connectivity index is 2.20. The molecule has 18 heavy (non-hydrogen) atoms. The highest BCUT2D eigenvalue weighted by Gasteiger charge is 2.27. The fraction of sp³-hybridized carbons (Fsp3) is 0.333. The molecule has 0 saturated heterocycles. The van der Waals surface area contributed by atoms with E-state index in [1.165, 1.54) is 17.6 Å². The van der Waals surface area contributed by atoms with E-state index in [1.54, 1.807) is 24.3 Å². The minimum atomic E-state index is -3.51. The average Bonchev–Trinajstić information content (AvgIpc) is 2.32. The van der Waals surface area contributed by atoms with Gasteiger partial charge in [0, 0.05) is 13.0 Å². The Bertz CT molecular complexity index is 593. The molecule has 0 saturated carbocycles. The molecule has 0 fully saturated rings. The van der Waals surface area contributed by atoms with Crippen molar-refractivity contribution in [2.75, 3.05) is 6.54 Å². The molecule has 0 aliphatic carbocycles. The Hall–Kier alpha value is -1.69. The molecule has 0 N–H and O–H groups in total. The number of aliphatic imine (C=N–C) groups is 1. The van der Waals surface area contributed by atoms with Crippen LogP contribution in [0.3, 0.4) is 0 Å². The van der Waals surface area contributed by atoms with E-state index in [0.29, 0.717) is 18.5 Å². The van der Waals surface area contributed by atoms with Crippen LogP contribution in [0.5, 0.6) is 0 Å². The van der Waals surface area contributed by atoms with E-state index in [-0.39, 0.29) is 17.2 Å². The molecule has 0 atom stereocenters. The lowest BCUT2D eigenvalue weighted by molar-refractivity contribution is -0.117. The minimum Gasteiger partial charge on any atom is -0.300 e. The average molecular weight is 266 g/mol. The summed E-state index contributed by atoms with van der Waals surface area (Å²) in [5.74, 6) is 0.0572. The molecule has 2 rings (SSSR count). The van der Waals surface area contributed by atoms with Crippen LogP contribution in [0.1, 0.15) is 19.8 Å². The predicted octanol–water partition coefficient (Wildman–Crippen LogP) is 1.72. The molecule has 96 valence electrons. The molecule has 0 radical (unpaired) electrons. The molecule has 1 heterocycles. The van der Waals surface area contributed by atoms with Crippen LogP contribution in [0.25, 0.3) is 0 Å². The molecule has 1 aliphatic rings. The Kier molecular flexibility index (Phi) is 3.47. The van der Waals surface area contributed by atoms with Gasteiger partial charge >= 0.3 is 0 Å². The van der Waals surface area contributed by atoms with E-state index in [1.807, 2.05) is 0 Å². The lowest BCUT2D eigenvalue weighted by Crippen LogP contribution is -2.33. The number of sulfonamides is 1. The maximum Gasteiger partial charge on any atom is 0.267 e. The second-order valence-electron chi connectivity index (χ2n) is 4.13. The van der Waals surface area contributed by atoms with Gasteiger partial charge in [0.2, 0.25) is 0 Å². The largest absolute Gasteiger partial charge is 0.300 e. The molecule has 1 aromatic carbocycles. The van der Waals surface area contributed by atoms with Gasteiger partial charge in [-0.1, -0.05) is 12.1 Å². The molecule has 6 heteroatoms. The molecule has 1 aromatic rings. The van der Waals surface area contributed by atoms with Crippen LogP contribution in [0.2, 0.25) is 0 Å². The standard InChI is InChI=1S/C12H14N2O3S/c1-10(15)5-4-8-14-9-13-11-6-2-3-7-12(11)18(14,16)17/h2-3,6-7,9H,4-5,8H2,1H3. The number of carbonyl (C=O) groups excluding carboxylic acids is 1. The molecular formula is C12H14N2O3S. The van der Waals surface area contributed by atoms with Crippen molar-refractivity contribution in [1.29, 1.82) is 0 Å². The highest BCUT2D eigenvalue weighted by molar-refractivity contribution is 7.89. The van der Waals surface area contributed by atoms with Crippen LogP contribution >= 0.6 is 0 Å². The summed E-state index contributed by atoms with van der Waals surface area (Å²) in [5, 5.41) is 0. The number of carbonyl (C=O) groups is 1. The Labute approximate surface area is 106 Å². The third kappa shape index (κ3) is 2.43. The first-order valence-corrected chi connectivity index (χ1v) is 7.10. The SMILES string of the molecule is CC(=O)CCCN1C=Nc2ccccc2S1(=O)=O. The predicted molar refractivity (Wildman–Crippen MR) is 68.4 cm³/mol. The van der Waals surface area contributed by atoms with E-state index in [4.69, 9.17) is 0 Å². The third-order valence-corrected chi connectivity index (χ3v) is 4.48. The van der Waals surface area contributed by atoms with Gasteiger partial charge in [-0.15, -0.1) is 0 Å². The lowest BCUT2D eigenvalue weighted by Gasteiger charge is -2.23. The number of nitrogens with zero attached hydrogens (tertiary/aromatic N) is 2.